The van der Waals surface area contributed by atoms with E-state index in [-0.39, 0.29) is 11.4 Å². The number of aryl methyl sites for hydroxylation is 1. The van der Waals surface area contributed by atoms with E-state index in [2.05, 4.69) is 31.9 Å². The van der Waals surface area contributed by atoms with E-state index in [4.69, 9.17) is 14.2 Å². The van der Waals surface area contributed by atoms with Crippen LogP contribution in [0.15, 0.2) is 90.1 Å². The van der Waals surface area contributed by atoms with Crippen LogP contribution in [0.2, 0.25) is 0 Å². The van der Waals surface area contributed by atoms with Crippen LogP contribution >= 0.6 is 0 Å². The van der Waals surface area contributed by atoms with Crippen molar-refractivity contribution in [2.75, 3.05) is 62.8 Å². The molecule has 5 aromatic rings. The van der Waals surface area contributed by atoms with Crippen molar-refractivity contribution in [1.82, 2.24) is 14.9 Å². The summed E-state index contributed by atoms with van der Waals surface area (Å²) in [6.07, 6.45) is 3.40. The first kappa shape index (κ1) is 33.1. The SMILES string of the molecule is CCOc1ccc(OC)cc1C1(N2CCN(c3ccnc(C)c3)CC2)CN(S(=O)(=O)c2ccc(OC)c3cccnc23)c2ccc(C#N)cc21. The number of nitrogens with zero attached hydrogens (tertiary/aromatic N) is 6. The number of hydrogen-bond acceptors (Lipinski definition) is 10. The molecular formula is C38H38N6O5S. The van der Waals surface area contributed by atoms with Crippen molar-refractivity contribution in [3.63, 3.8) is 0 Å². The molecule has 0 N–H and O–H groups in total. The molecule has 1 saturated heterocycles. The van der Waals surface area contributed by atoms with Crippen molar-refractivity contribution in [3.8, 4) is 23.3 Å². The number of ether oxygens (including phenoxy) is 3. The van der Waals surface area contributed by atoms with Gasteiger partial charge in [0.25, 0.3) is 10.0 Å². The molecule has 1 unspecified atom stereocenters. The fraction of sp³-hybridized carbons (Fsp3) is 0.289. The lowest BCUT2D eigenvalue weighted by Gasteiger charge is -2.47. The Balaban J connectivity index is 1.44. The average Bonchev–Trinajstić information content (AvgIpc) is 3.50. The molecule has 0 radical (unpaired) electrons. The van der Waals surface area contributed by atoms with Crippen LogP contribution in [0.5, 0.6) is 17.2 Å². The third-order valence-electron chi connectivity index (χ3n) is 9.69. The third kappa shape index (κ3) is 5.43. The van der Waals surface area contributed by atoms with Crippen LogP contribution in [0.4, 0.5) is 11.4 Å². The van der Waals surface area contributed by atoms with Crippen LogP contribution in [-0.2, 0) is 15.6 Å². The highest BCUT2D eigenvalue weighted by atomic mass is 32.2. The molecule has 0 bridgehead atoms. The Bertz CT molecular complexity index is 2230. The molecule has 0 aliphatic carbocycles. The second-order valence-corrected chi connectivity index (χ2v) is 14.1. The van der Waals surface area contributed by atoms with Gasteiger partial charge in [-0.15, -0.1) is 0 Å². The van der Waals surface area contributed by atoms with Crippen LogP contribution < -0.4 is 23.4 Å². The highest BCUT2D eigenvalue weighted by Crippen LogP contribution is 2.53. The Morgan fingerprint density at radius 3 is 2.40 bits per heavy atom. The van der Waals surface area contributed by atoms with Gasteiger partial charge in [0.15, 0.2) is 0 Å². The highest BCUT2D eigenvalue weighted by molar-refractivity contribution is 7.93. The van der Waals surface area contributed by atoms with E-state index in [1.54, 1.807) is 56.8 Å². The van der Waals surface area contributed by atoms with E-state index in [0.29, 0.717) is 77.8 Å². The van der Waals surface area contributed by atoms with E-state index in [1.807, 2.05) is 50.4 Å². The first-order valence-corrected chi connectivity index (χ1v) is 17.9. The molecule has 12 heteroatoms. The van der Waals surface area contributed by atoms with Gasteiger partial charge in [0.2, 0.25) is 0 Å². The van der Waals surface area contributed by atoms with E-state index in [0.717, 1.165) is 16.9 Å². The van der Waals surface area contributed by atoms with Crippen LogP contribution in [0.25, 0.3) is 10.9 Å². The van der Waals surface area contributed by atoms with E-state index in [9.17, 15) is 5.26 Å². The molecule has 0 amide bonds. The smallest absolute Gasteiger partial charge is 0.266 e. The Hall–Kier alpha value is -5.38. The number of piperazine rings is 1. The first-order valence-electron chi connectivity index (χ1n) is 16.5. The zero-order valence-corrected chi connectivity index (χ0v) is 29.3. The molecule has 256 valence electrons. The minimum absolute atomic E-state index is 0.0293. The molecular weight excluding hydrogens is 653 g/mol. The summed E-state index contributed by atoms with van der Waals surface area (Å²) in [4.78, 5) is 13.6. The topological polar surface area (TPSA) is 121 Å². The quantitative estimate of drug-likeness (QED) is 0.196. The predicted molar refractivity (Wildman–Crippen MR) is 192 cm³/mol. The van der Waals surface area contributed by atoms with Crippen molar-refractivity contribution in [2.45, 2.75) is 24.3 Å². The van der Waals surface area contributed by atoms with E-state index in [1.165, 1.54) is 4.31 Å². The second kappa shape index (κ2) is 13.2. The molecule has 7 rings (SSSR count). The molecule has 50 heavy (non-hydrogen) atoms. The van der Waals surface area contributed by atoms with Crippen molar-refractivity contribution in [2.24, 2.45) is 0 Å². The fourth-order valence-electron chi connectivity index (χ4n) is 7.36. The lowest BCUT2D eigenvalue weighted by atomic mass is 9.81. The number of rotatable bonds is 9. The molecule has 11 nitrogen and oxygen atoms in total. The standard InChI is InChI=1S/C38H38N6O5S/c1-5-49-35-11-9-29(47-3)23-32(35)38(43-19-17-42(18-20-43)28-14-16-40-26(2)21-28)25-44(33-10-8-27(24-39)22-31(33)38)50(45,46)36-13-12-34(48-4)30-7-6-15-41-37(30)36/h6-16,21-23H,5,17-20,25H2,1-4H3. The van der Waals surface area contributed by atoms with Gasteiger partial charge in [0, 0.05) is 66.5 Å². The summed E-state index contributed by atoms with van der Waals surface area (Å²) in [6.45, 7) is 6.90. The largest absolute Gasteiger partial charge is 0.497 e. The van der Waals surface area contributed by atoms with Gasteiger partial charge in [-0.25, -0.2) is 8.42 Å². The lowest BCUT2D eigenvalue weighted by Crippen LogP contribution is -2.58. The van der Waals surface area contributed by atoms with Gasteiger partial charge in [0.05, 0.1) is 55.7 Å². The first-order chi connectivity index (χ1) is 24.2. The monoisotopic (exact) mass is 690 g/mol. The van der Waals surface area contributed by atoms with E-state index >= 15 is 8.42 Å². The number of fused-ring (bicyclic) bond motifs is 2. The number of anilines is 2. The van der Waals surface area contributed by atoms with Crippen molar-refractivity contribution < 1.29 is 22.6 Å². The molecule has 1 atom stereocenters. The summed E-state index contributed by atoms with van der Waals surface area (Å²) in [5, 5.41) is 10.7. The zero-order valence-electron chi connectivity index (χ0n) is 28.5. The summed E-state index contributed by atoms with van der Waals surface area (Å²) in [5.41, 5.74) is 3.67. The van der Waals surface area contributed by atoms with Gasteiger partial charge in [-0.2, -0.15) is 5.26 Å². The van der Waals surface area contributed by atoms with Gasteiger partial charge >= 0.3 is 0 Å². The summed E-state index contributed by atoms with van der Waals surface area (Å²) < 4.78 is 49.2. The van der Waals surface area contributed by atoms with Gasteiger partial charge < -0.3 is 19.1 Å². The van der Waals surface area contributed by atoms with E-state index < -0.39 is 15.6 Å². The number of pyridine rings is 2. The van der Waals surface area contributed by atoms with Crippen molar-refractivity contribution in [1.29, 1.82) is 5.26 Å². The van der Waals surface area contributed by atoms with Crippen LogP contribution in [0.1, 0.15) is 29.3 Å². The maximum Gasteiger partial charge on any atom is 0.266 e. The van der Waals surface area contributed by atoms with Gasteiger partial charge in [-0.1, -0.05) is 0 Å². The second-order valence-electron chi connectivity index (χ2n) is 12.3. The number of benzene rings is 3. The van der Waals surface area contributed by atoms with Gasteiger partial charge in [-0.05, 0) is 86.6 Å². The molecule has 3 aromatic carbocycles. The maximum atomic E-state index is 15.1. The van der Waals surface area contributed by atoms with Crippen molar-refractivity contribution >= 4 is 32.3 Å². The van der Waals surface area contributed by atoms with Gasteiger partial charge in [0.1, 0.15) is 22.1 Å². The molecule has 4 heterocycles. The Labute approximate surface area is 292 Å². The lowest BCUT2D eigenvalue weighted by molar-refractivity contribution is 0.124. The number of hydrogen-bond donors (Lipinski definition) is 0. The minimum Gasteiger partial charge on any atom is -0.497 e. The number of aromatic nitrogens is 2. The molecule has 1 fully saturated rings. The summed E-state index contributed by atoms with van der Waals surface area (Å²) in [5.74, 6) is 1.75. The van der Waals surface area contributed by atoms with Crippen LogP contribution in [-0.4, -0.2) is 76.8 Å². The minimum atomic E-state index is -4.22. The number of sulfonamides is 1. The summed E-state index contributed by atoms with van der Waals surface area (Å²) in [7, 11) is -1.07. The molecule has 2 aliphatic heterocycles. The van der Waals surface area contributed by atoms with Gasteiger partial charge in [-0.3, -0.25) is 19.2 Å². The van der Waals surface area contributed by atoms with Crippen LogP contribution in [0.3, 0.4) is 0 Å². The molecule has 0 spiro atoms. The Kier molecular flexibility index (Phi) is 8.71. The number of nitriles is 1. The zero-order chi connectivity index (χ0) is 35.0. The Morgan fingerprint density at radius 1 is 0.880 bits per heavy atom. The molecule has 0 saturated carbocycles. The maximum absolute atomic E-state index is 15.1. The molecule has 2 aliphatic rings. The Morgan fingerprint density at radius 2 is 1.68 bits per heavy atom. The fourth-order valence-corrected chi connectivity index (χ4v) is 9.02. The number of methoxy groups -OCH3 is 2. The summed E-state index contributed by atoms with van der Waals surface area (Å²) >= 11 is 0. The molecule has 2 aromatic heterocycles. The van der Waals surface area contributed by atoms with Crippen LogP contribution in [0, 0.1) is 18.3 Å². The highest BCUT2D eigenvalue weighted by Gasteiger charge is 2.54. The summed E-state index contributed by atoms with van der Waals surface area (Å²) in [6, 6.07) is 24.0. The predicted octanol–water partition coefficient (Wildman–Crippen LogP) is 5.50. The third-order valence-corrected chi connectivity index (χ3v) is 11.5. The average molecular weight is 691 g/mol. The normalized spacial score (nSPS) is 17.7. The van der Waals surface area contributed by atoms with Crippen molar-refractivity contribution in [3.05, 3.63) is 108 Å².